The molecule has 1 fully saturated rings. The average molecular weight is 501 g/mol. The topological polar surface area (TPSA) is 171 Å². The smallest absolute Gasteiger partial charge is 0.415 e. The van der Waals surface area contributed by atoms with Crippen LogP contribution >= 0.6 is 0 Å². The molecule has 1 amide bonds. The molecule has 1 aliphatic rings. The Bertz CT molecular complexity index is 1030. The zero-order valence-corrected chi connectivity index (χ0v) is 19.5. The van der Waals surface area contributed by atoms with Crippen molar-refractivity contribution in [3.8, 4) is 0 Å². The van der Waals surface area contributed by atoms with Gasteiger partial charge in [-0.15, -0.1) is 0 Å². The molecule has 192 valence electrons. The monoisotopic (exact) mass is 500 g/mol. The maximum absolute atomic E-state index is 11.5. The van der Waals surface area contributed by atoms with Gasteiger partial charge in [0.1, 0.15) is 25.3 Å². The second-order valence-corrected chi connectivity index (χ2v) is 7.72. The van der Waals surface area contributed by atoms with Crippen LogP contribution in [0, 0.1) is 0 Å². The number of carbonyl (C=O) groups is 5. The lowest BCUT2D eigenvalue weighted by molar-refractivity contribution is -0.146. The third-order valence-electron chi connectivity index (χ3n) is 4.87. The van der Waals surface area contributed by atoms with E-state index in [-0.39, 0.29) is 38.9 Å². The first kappa shape index (κ1) is 28.0. The Balaban J connectivity index is 0.000000255. The third kappa shape index (κ3) is 10.8. The van der Waals surface area contributed by atoms with Crippen LogP contribution in [0.4, 0.5) is 4.79 Å². The predicted octanol–water partition coefficient (Wildman–Crippen LogP) is 2.07. The van der Waals surface area contributed by atoms with E-state index in [2.05, 4.69) is 10.1 Å². The van der Waals surface area contributed by atoms with Crippen molar-refractivity contribution in [1.82, 2.24) is 5.32 Å². The van der Waals surface area contributed by atoms with E-state index in [1.54, 1.807) is 0 Å². The number of nitrogens with one attached hydrogen (secondary N) is 1. The molecular formula is C25H28N2O9. The molecular weight excluding hydrogens is 472 g/mol. The SMILES string of the molecule is N[C@H](CCC(=O)OCc1ccccc1)C(=O)O.O=C(CC[C@H]1NC(=O)OC1=O)OCc1ccccc1. The first-order chi connectivity index (χ1) is 17.2. The number of ether oxygens (including phenoxy) is 3. The Kier molecular flexibility index (Phi) is 11.6. The molecule has 0 bridgehead atoms. The number of carboxylic acids is 1. The number of hydrogen-bond donors (Lipinski definition) is 3. The second-order valence-electron chi connectivity index (χ2n) is 7.72. The second kappa shape index (κ2) is 14.9. The van der Waals surface area contributed by atoms with Crippen molar-refractivity contribution in [3.63, 3.8) is 0 Å². The number of nitrogens with two attached hydrogens (primary N) is 1. The predicted molar refractivity (Wildman–Crippen MR) is 125 cm³/mol. The highest BCUT2D eigenvalue weighted by molar-refractivity contribution is 5.95. The zero-order chi connectivity index (χ0) is 26.3. The standard InChI is InChI=1S/C13H13NO5.C12H15NO4/c15-11(18-8-9-4-2-1-3-5-9)7-6-10-12(16)19-13(17)14-10;13-10(12(15)16)6-7-11(14)17-8-9-4-2-1-3-5-9/h1-5,10H,6-8H2,(H,14,17);1-5,10H,6-8,13H2,(H,15,16)/t2*10-/m11/s1. The Morgan fingerprint density at radius 2 is 1.39 bits per heavy atom. The van der Waals surface area contributed by atoms with Gasteiger partial charge in [0.15, 0.2) is 0 Å². The molecule has 2 aromatic carbocycles. The maximum atomic E-state index is 11.5. The Morgan fingerprint density at radius 3 is 1.83 bits per heavy atom. The summed E-state index contributed by atoms with van der Waals surface area (Å²) in [5.41, 5.74) is 7.05. The summed E-state index contributed by atoms with van der Waals surface area (Å²) >= 11 is 0. The van der Waals surface area contributed by atoms with Gasteiger partial charge in [-0.2, -0.15) is 0 Å². The molecule has 1 saturated heterocycles. The van der Waals surface area contributed by atoms with E-state index in [9.17, 15) is 24.0 Å². The van der Waals surface area contributed by atoms with Gasteiger partial charge >= 0.3 is 30.0 Å². The first-order valence-corrected chi connectivity index (χ1v) is 11.1. The largest absolute Gasteiger partial charge is 0.480 e. The third-order valence-corrected chi connectivity index (χ3v) is 4.87. The van der Waals surface area contributed by atoms with Gasteiger partial charge in [0.05, 0.1) is 0 Å². The maximum Gasteiger partial charge on any atom is 0.415 e. The van der Waals surface area contributed by atoms with E-state index in [0.717, 1.165) is 11.1 Å². The van der Waals surface area contributed by atoms with Crippen LogP contribution in [0.25, 0.3) is 0 Å². The molecule has 2 aromatic rings. The molecule has 0 spiro atoms. The van der Waals surface area contributed by atoms with Crippen molar-refractivity contribution in [3.05, 3.63) is 71.8 Å². The summed E-state index contributed by atoms with van der Waals surface area (Å²) in [5, 5.41) is 10.8. The van der Waals surface area contributed by atoms with E-state index in [4.69, 9.17) is 20.3 Å². The molecule has 3 rings (SSSR count). The van der Waals surface area contributed by atoms with Crippen LogP contribution in [-0.4, -0.2) is 47.2 Å². The summed E-state index contributed by atoms with van der Waals surface area (Å²) in [6.45, 7) is 0.392. The number of benzene rings is 2. The van der Waals surface area contributed by atoms with Gasteiger partial charge in [-0.3, -0.25) is 14.4 Å². The Hall–Kier alpha value is -4.25. The minimum Gasteiger partial charge on any atom is -0.480 e. The van der Waals surface area contributed by atoms with Crippen molar-refractivity contribution in [2.24, 2.45) is 5.73 Å². The molecule has 4 N–H and O–H groups in total. The number of carboxylic acid groups (broad SMARTS) is 1. The van der Waals surface area contributed by atoms with E-state index in [1.165, 1.54) is 0 Å². The fraction of sp³-hybridized carbons (Fsp3) is 0.320. The van der Waals surface area contributed by atoms with Gasteiger partial charge in [-0.05, 0) is 24.0 Å². The van der Waals surface area contributed by atoms with Crippen molar-refractivity contribution in [1.29, 1.82) is 0 Å². The van der Waals surface area contributed by atoms with Gasteiger partial charge in [0, 0.05) is 12.8 Å². The van der Waals surface area contributed by atoms with E-state index < -0.39 is 42.1 Å². The number of aliphatic carboxylic acids is 1. The Labute approximate surface area is 207 Å². The lowest BCUT2D eigenvalue weighted by Crippen LogP contribution is -2.30. The first-order valence-electron chi connectivity index (χ1n) is 11.1. The fourth-order valence-corrected chi connectivity index (χ4v) is 2.86. The summed E-state index contributed by atoms with van der Waals surface area (Å²) in [4.78, 5) is 55.0. The quantitative estimate of drug-likeness (QED) is 0.236. The number of rotatable bonds is 11. The van der Waals surface area contributed by atoms with Crippen LogP contribution < -0.4 is 11.1 Å². The van der Waals surface area contributed by atoms with Crippen LogP contribution in [0.1, 0.15) is 36.8 Å². The van der Waals surface area contributed by atoms with E-state index in [0.29, 0.717) is 0 Å². The molecule has 11 nitrogen and oxygen atoms in total. The lowest BCUT2D eigenvalue weighted by atomic mass is 10.1. The molecule has 0 saturated carbocycles. The number of amides is 1. The van der Waals surface area contributed by atoms with E-state index in [1.807, 2.05) is 60.7 Å². The van der Waals surface area contributed by atoms with Gasteiger partial charge in [-0.25, -0.2) is 9.59 Å². The lowest BCUT2D eigenvalue weighted by Gasteiger charge is -2.07. The van der Waals surface area contributed by atoms with Gasteiger partial charge in [0.25, 0.3) is 0 Å². The molecule has 0 aliphatic carbocycles. The summed E-state index contributed by atoms with van der Waals surface area (Å²) in [6.07, 6.45) is -0.443. The number of alkyl carbamates (subject to hydrolysis) is 1. The van der Waals surface area contributed by atoms with Gasteiger partial charge < -0.3 is 30.4 Å². The molecule has 0 aromatic heterocycles. The van der Waals surface area contributed by atoms with Crippen LogP contribution in [0.3, 0.4) is 0 Å². The molecule has 36 heavy (non-hydrogen) atoms. The van der Waals surface area contributed by atoms with Crippen molar-refractivity contribution in [2.75, 3.05) is 0 Å². The highest BCUT2D eigenvalue weighted by Crippen LogP contribution is 2.09. The fourth-order valence-electron chi connectivity index (χ4n) is 2.86. The van der Waals surface area contributed by atoms with Gasteiger partial charge in [0.2, 0.25) is 0 Å². The molecule has 0 unspecified atom stereocenters. The van der Waals surface area contributed by atoms with Crippen molar-refractivity contribution < 1.29 is 43.3 Å². The number of cyclic esters (lactones) is 2. The number of hydrogen-bond acceptors (Lipinski definition) is 9. The minimum absolute atomic E-state index is 0.0142. The number of esters is 3. The molecule has 2 atom stereocenters. The van der Waals surface area contributed by atoms with Crippen molar-refractivity contribution >= 4 is 30.0 Å². The van der Waals surface area contributed by atoms with Crippen LogP contribution in [0.2, 0.25) is 0 Å². The van der Waals surface area contributed by atoms with Crippen LogP contribution in [0.5, 0.6) is 0 Å². The zero-order valence-electron chi connectivity index (χ0n) is 19.5. The van der Waals surface area contributed by atoms with Crippen molar-refractivity contribution in [2.45, 2.75) is 51.0 Å². The summed E-state index contributed by atoms with van der Waals surface area (Å²) < 4.78 is 14.3. The van der Waals surface area contributed by atoms with Gasteiger partial charge in [-0.1, -0.05) is 60.7 Å². The summed E-state index contributed by atoms with van der Waals surface area (Å²) in [5.74, 6) is -2.62. The molecule has 11 heteroatoms. The molecule has 0 radical (unpaired) electrons. The summed E-state index contributed by atoms with van der Waals surface area (Å²) in [6, 6.07) is 16.8. The van der Waals surface area contributed by atoms with Crippen LogP contribution in [0.15, 0.2) is 60.7 Å². The number of carbonyl (C=O) groups excluding carboxylic acids is 4. The summed E-state index contributed by atoms with van der Waals surface area (Å²) in [7, 11) is 0. The highest BCUT2D eigenvalue weighted by Gasteiger charge is 2.32. The van der Waals surface area contributed by atoms with E-state index >= 15 is 0 Å². The van der Waals surface area contributed by atoms with Crippen LogP contribution in [-0.2, 0) is 46.6 Å². The minimum atomic E-state index is -1.11. The average Bonchev–Trinajstić information content (AvgIpc) is 3.21. The highest BCUT2D eigenvalue weighted by atomic mass is 16.6. The normalized spacial score (nSPS) is 15.0. The molecule has 1 aliphatic heterocycles. The Morgan fingerprint density at radius 1 is 0.889 bits per heavy atom. The molecule has 1 heterocycles.